The van der Waals surface area contributed by atoms with E-state index >= 15 is 0 Å². The molecule has 1 heterocycles. The molecule has 0 bridgehead atoms. The highest BCUT2D eigenvalue weighted by atomic mass is 19.1. The Labute approximate surface area is 96.2 Å². The summed E-state index contributed by atoms with van der Waals surface area (Å²) in [5.41, 5.74) is 8.65. The van der Waals surface area contributed by atoms with E-state index in [2.05, 4.69) is 4.90 Å². The average molecular weight is 222 g/mol. The van der Waals surface area contributed by atoms with Crippen LogP contribution in [0.4, 0.5) is 10.1 Å². The van der Waals surface area contributed by atoms with Crippen LogP contribution in [0.5, 0.6) is 0 Å². The maximum Gasteiger partial charge on any atom is 0.126 e. The van der Waals surface area contributed by atoms with Crippen LogP contribution >= 0.6 is 0 Å². The molecule has 1 aliphatic heterocycles. The van der Waals surface area contributed by atoms with Gasteiger partial charge in [-0.3, -0.25) is 0 Å². The van der Waals surface area contributed by atoms with E-state index in [1.54, 1.807) is 13.0 Å². The highest BCUT2D eigenvalue weighted by molar-refractivity contribution is 5.57. The Balaban J connectivity index is 2.44. The van der Waals surface area contributed by atoms with Gasteiger partial charge in [0, 0.05) is 24.8 Å². The van der Waals surface area contributed by atoms with Crippen molar-refractivity contribution in [2.24, 2.45) is 5.73 Å². The first kappa shape index (κ1) is 11.4. The number of rotatable bonds is 2. The Hall–Kier alpha value is -1.09. The normalized spacial score (nSPS) is 17.9. The van der Waals surface area contributed by atoms with Gasteiger partial charge in [-0.25, -0.2) is 4.39 Å². The van der Waals surface area contributed by atoms with Gasteiger partial charge in [0.25, 0.3) is 0 Å². The molecule has 0 radical (unpaired) electrons. The van der Waals surface area contributed by atoms with Crippen LogP contribution in [0.25, 0.3) is 0 Å². The summed E-state index contributed by atoms with van der Waals surface area (Å²) >= 11 is 0. The third-order valence-electron chi connectivity index (χ3n) is 3.25. The van der Waals surface area contributed by atoms with E-state index < -0.39 is 0 Å². The standard InChI is InChI=1S/C13H19FN2/c1-9-7-13(16-5-3-4-6-16)11(10(2)15)8-12(9)14/h7-8,10H,3-6,15H2,1-2H3. The maximum absolute atomic E-state index is 13.5. The molecular weight excluding hydrogens is 203 g/mol. The van der Waals surface area contributed by atoms with Gasteiger partial charge in [0.15, 0.2) is 0 Å². The monoisotopic (exact) mass is 222 g/mol. The number of aryl methyl sites for hydroxylation is 1. The van der Waals surface area contributed by atoms with Gasteiger partial charge in [-0.15, -0.1) is 0 Å². The SMILES string of the molecule is Cc1cc(N2CCCC2)c(C(C)N)cc1F. The number of nitrogens with zero attached hydrogens (tertiary/aromatic N) is 1. The summed E-state index contributed by atoms with van der Waals surface area (Å²) in [6.07, 6.45) is 2.43. The first-order chi connectivity index (χ1) is 7.59. The molecule has 2 rings (SSSR count). The first-order valence-corrected chi connectivity index (χ1v) is 5.90. The predicted molar refractivity (Wildman–Crippen MR) is 65.2 cm³/mol. The van der Waals surface area contributed by atoms with E-state index in [1.807, 2.05) is 13.0 Å². The Morgan fingerprint density at radius 2 is 1.94 bits per heavy atom. The predicted octanol–water partition coefficient (Wildman–Crippen LogP) is 2.75. The van der Waals surface area contributed by atoms with Crippen LogP contribution in [0.1, 0.15) is 36.9 Å². The molecule has 2 nitrogen and oxygen atoms in total. The van der Waals surface area contributed by atoms with Crippen LogP contribution in [0.2, 0.25) is 0 Å². The topological polar surface area (TPSA) is 29.3 Å². The van der Waals surface area contributed by atoms with Crippen LogP contribution in [-0.4, -0.2) is 13.1 Å². The van der Waals surface area contributed by atoms with Gasteiger partial charge in [-0.2, -0.15) is 0 Å². The molecule has 1 unspecified atom stereocenters. The second-order valence-corrected chi connectivity index (χ2v) is 4.64. The summed E-state index contributed by atoms with van der Waals surface area (Å²) in [7, 11) is 0. The maximum atomic E-state index is 13.5. The van der Waals surface area contributed by atoms with Crippen molar-refractivity contribution in [2.75, 3.05) is 18.0 Å². The molecule has 1 aromatic carbocycles. The lowest BCUT2D eigenvalue weighted by Gasteiger charge is -2.24. The largest absolute Gasteiger partial charge is 0.371 e. The molecule has 16 heavy (non-hydrogen) atoms. The number of halogens is 1. The van der Waals surface area contributed by atoms with Crippen LogP contribution in [0.3, 0.4) is 0 Å². The minimum absolute atomic E-state index is 0.120. The second-order valence-electron chi connectivity index (χ2n) is 4.64. The van der Waals surface area contributed by atoms with Crippen molar-refractivity contribution in [3.8, 4) is 0 Å². The van der Waals surface area contributed by atoms with Gasteiger partial charge in [-0.05, 0) is 49.9 Å². The smallest absolute Gasteiger partial charge is 0.126 e. The van der Waals surface area contributed by atoms with E-state index in [1.165, 1.54) is 12.8 Å². The van der Waals surface area contributed by atoms with Gasteiger partial charge in [0.05, 0.1) is 0 Å². The summed E-state index contributed by atoms with van der Waals surface area (Å²) in [4.78, 5) is 2.31. The lowest BCUT2D eigenvalue weighted by atomic mass is 10.0. The van der Waals surface area contributed by atoms with Crippen molar-refractivity contribution in [1.82, 2.24) is 0 Å². The van der Waals surface area contributed by atoms with Crippen molar-refractivity contribution in [3.63, 3.8) is 0 Å². The van der Waals surface area contributed by atoms with Gasteiger partial charge in [0.2, 0.25) is 0 Å². The second kappa shape index (κ2) is 4.42. The number of hydrogen-bond donors (Lipinski definition) is 1. The molecule has 1 aromatic rings. The molecule has 0 spiro atoms. The number of anilines is 1. The minimum Gasteiger partial charge on any atom is -0.371 e. The third-order valence-corrected chi connectivity index (χ3v) is 3.25. The third kappa shape index (κ3) is 2.05. The van der Waals surface area contributed by atoms with Crippen LogP contribution in [-0.2, 0) is 0 Å². The average Bonchev–Trinajstić information content (AvgIpc) is 2.74. The zero-order chi connectivity index (χ0) is 11.7. The zero-order valence-corrected chi connectivity index (χ0v) is 9.96. The molecule has 0 saturated carbocycles. The lowest BCUT2D eigenvalue weighted by Crippen LogP contribution is -2.21. The van der Waals surface area contributed by atoms with E-state index in [-0.39, 0.29) is 11.9 Å². The molecule has 1 atom stereocenters. The summed E-state index contributed by atoms with van der Waals surface area (Å²) in [5, 5.41) is 0. The van der Waals surface area contributed by atoms with Gasteiger partial charge in [0.1, 0.15) is 5.82 Å². The van der Waals surface area contributed by atoms with E-state index in [0.717, 1.165) is 24.3 Å². The molecule has 0 aromatic heterocycles. The fourth-order valence-electron chi connectivity index (χ4n) is 2.28. The van der Waals surface area contributed by atoms with Gasteiger partial charge >= 0.3 is 0 Å². The van der Waals surface area contributed by atoms with E-state index in [9.17, 15) is 4.39 Å². The van der Waals surface area contributed by atoms with E-state index in [0.29, 0.717) is 5.56 Å². The van der Waals surface area contributed by atoms with Crippen LogP contribution in [0, 0.1) is 12.7 Å². The number of benzene rings is 1. The lowest BCUT2D eigenvalue weighted by molar-refractivity contribution is 0.612. The highest BCUT2D eigenvalue weighted by Crippen LogP contribution is 2.30. The number of nitrogens with two attached hydrogens (primary N) is 1. The summed E-state index contributed by atoms with van der Waals surface area (Å²) < 4.78 is 13.5. The highest BCUT2D eigenvalue weighted by Gasteiger charge is 2.18. The van der Waals surface area contributed by atoms with Crippen molar-refractivity contribution in [2.45, 2.75) is 32.7 Å². The quantitative estimate of drug-likeness (QED) is 0.833. The molecule has 3 heteroatoms. The zero-order valence-electron chi connectivity index (χ0n) is 9.96. The fourth-order valence-corrected chi connectivity index (χ4v) is 2.28. The molecular formula is C13H19FN2. The molecule has 88 valence electrons. The summed E-state index contributed by atoms with van der Waals surface area (Å²) in [6, 6.07) is 3.40. The molecule has 1 fully saturated rings. The minimum atomic E-state index is -0.157. The van der Waals surface area contributed by atoms with Crippen molar-refractivity contribution >= 4 is 5.69 Å². The molecule has 1 saturated heterocycles. The van der Waals surface area contributed by atoms with E-state index in [4.69, 9.17) is 5.73 Å². The molecule has 2 N–H and O–H groups in total. The Bertz CT molecular complexity index is 382. The first-order valence-electron chi connectivity index (χ1n) is 5.90. The Kier molecular flexibility index (Phi) is 3.15. The van der Waals surface area contributed by atoms with Crippen molar-refractivity contribution in [1.29, 1.82) is 0 Å². The van der Waals surface area contributed by atoms with Gasteiger partial charge in [-0.1, -0.05) is 0 Å². The van der Waals surface area contributed by atoms with Crippen LogP contribution in [0.15, 0.2) is 12.1 Å². The van der Waals surface area contributed by atoms with Crippen molar-refractivity contribution < 1.29 is 4.39 Å². The number of hydrogen-bond acceptors (Lipinski definition) is 2. The summed E-state index contributed by atoms with van der Waals surface area (Å²) in [5.74, 6) is -0.157. The molecule has 0 aliphatic carbocycles. The molecule has 0 amide bonds. The Morgan fingerprint density at radius 3 is 2.50 bits per heavy atom. The summed E-state index contributed by atoms with van der Waals surface area (Å²) in [6.45, 7) is 5.83. The van der Waals surface area contributed by atoms with Crippen molar-refractivity contribution in [3.05, 3.63) is 29.1 Å². The Morgan fingerprint density at radius 1 is 1.31 bits per heavy atom. The van der Waals surface area contributed by atoms with Crippen LogP contribution < -0.4 is 10.6 Å². The fraction of sp³-hybridized carbons (Fsp3) is 0.538. The molecule has 1 aliphatic rings. The van der Waals surface area contributed by atoms with Gasteiger partial charge < -0.3 is 10.6 Å².